The number of aryl methyl sites for hydroxylation is 2. The van der Waals surface area contributed by atoms with Crippen LogP contribution in [-0.4, -0.2) is 53.6 Å². The molecule has 4 rings (SSSR count). The Morgan fingerprint density at radius 2 is 1.71 bits per heavy atom. The number of hydrogen-bond acceptors (Lipinski definition) is 4. The molecule has 1 aromatic carbocycles. The first kappa shape index (κ1) is 24.8. The highest BCUT2D eigenvalue weighted by Gasteiger charge is 2.28. The van der Waals surface area contributed by atoms with Crippen molar-refractivity contribution >= 4 is 23.3 Å². The van der Waals surface area contributed by atoms with Crippen molar-refractivity contribution in [2.75, 3.05) is 26.2 Å². The van der Waals surface area contributed by atoms with Crippen molar-refractivity contribution in [1.29, 1.82) is 0 Å². The first-order valence-corrected chi connectivity index (χ1v) is 13.5. The normalized spacial score (nSPS) is 17.3. The van der Waals surface area contributed by atoms with Crippen molar-refractivity contribution in [3.63, 3.8) is 0 Å². The molecule has 1 aromatic heterocycles. The second-order valence-electron chi connectivity index (χ2n) is 10.6. The van der Waals surface area contributed by atoms with E-state index in [0.29, 0.717) is 5.92 Å². The van der Waals surface area contributed by atoms with E-state index in [1.165, 1.54) is 21.6 Å². The maximum Gasteiger partial charge on any atom is 0.410 e. The molecule has 2 aliphatic heterocycles. The highest BCUT2D eigenvalue weighted by Crippen LogP contribution is 2.37. The summed E-state index contributed by atoms with van der Waals surface area (Å²) in [7, 11) is 0. The molecule has 3 heterocycles. The molecule has 0 spiro atoms. The van der Waals surface area contributed by atoms with Crippen LogP contribution < -0.4 is 0 Å². The topological polar surface area (TPSA) is 49.9 Å². The fourth-order valence-electron chi connectivity index (χ4n) is 5.01. The Hall–Kier alpha value is -2.34. The van der Waals surface area contributed by atoms with Gasteiger partial charge in [0.1, 0.15) is 5.60 Å². The number of thiophene rings is 1. The highest BCUT2D eigenvalue weighted by atomic mass is 32.1. The third-order valence-corrected chi connectivity index (χ3v) is 8.16. The van der Waals surface area contributed by atoms with Crippen LogP contribution >= 0.6 is 11.3 Å². The lowest BCUT2D eigenvalue weighted by molar-refractivity contribution is 0.0204. The SMILES string of the molecule is CCc1cc(C2CCN(C(=O)OC(C)(C)C)CC2)ccc1-c1cc(C)c(C(=O)N2CCCC2)s1. The van der Waals surface area contributed by atoms with Crippen LogP contribution in [0.4, 0.5) is 4.79 Å². The standard InChI is InChI=1S/C28H38N2O3S/c1-6-20-18-22(21-11-15-30(16-12-21)27(32)33-28(3,4)5)9-10-23(20)24-17-19(2)25(34-24)26(31)29-13-7-8-14-29/h9-10,17-18,21H,6-8,11-16H2,1-5H3. The largest absolute Gasteiger partial charge is 0.444 e. The number of piperidine rings is 1. The number of nitrogens with zero attached hydrogens (tertiary/aromatic N) is 2. The smallest absolute Gasteiger partial charge is 0.410 e. The molecule has 0 saturated carbocycles. The number of carbonyl (C=O) groups is 2. The molecule has 5 nitrogen and oxygen atoms in total. The molecule has 0 atom stereocenters. The molecule has 0 aliphatic carbocycles. The minimum atomic E-state index is -0.459. The summed E-state index contributed by atoms with van der Waals surface area (Å²) in [6.45, 7) is 13.2. The quantitative estimate of drug-likeness (QED) is 0.491. The first-order valence-electron chi connectivity index (χ1n) is 12.7. The second-order valence-corrected chi connectivity index (χ2v) is 11.7. The van der Waals surface area contributed by atoms with E-state index in [1.807, 2.05) is 30.6 Å². The number of benzene rings is 1. The van der Waals surface area contributed by atoms with Gasteiger partial charge < -0.3 is 14.5 Å². The van der Waals surface area contributed by atoms with Crippen LogP contribution in [0.15, 0.2) is 24.3 Å². The summed E-state index contributed by atoms with van der Waals surface area (Å²) in [6, 6.07) is 9.02. The number of likely N-dealkylation sites (tertiary alicyclic amines) is 2. The van der Waals surface area contributed by atoms with Crippen molar-refractivity contribution in [3.05, 3.63) is 45.8 Å². The molecule has 2 aromatic rings. The van der Waals surface area contributed by atoms with Gasteiger partial charge in [-0.3, -0.25) is 4.79 Å². The van der Waals surface area contributed by atoms with Crippen molar-refractivity contribution in [2.45, 2.75) is 78.2 Å². The van der Waals surface area contributed by atoms with Gasteiger partial charge in [-0.25, -0.2) is 4.79 Å². The molecule has 0 radical (unpaired) electrons. The molecule has 6 heteroatoms. The lowest BCUT2D eigenvalue weighted by atomic mass is 9.87. The Morgan fingerprint density at radius 3 is 2.32 bits per heavy atom. The average Bonchev–Trinajstić information content (AvgIpc) is 3.47. The van der Waals surface area contributed by atoms with E-state index in [9.17, 15) is 9.59 Å². The summed E-state index contributed by atoms with van der Waals surface area (Å²) in [6.07, 6.45) is 4.87. The maximum absolute atomic E-state index is 13.0. The lowest BCUT2D eigenvalue weighted by Crippen LogP contribution is -2.41. The van der Waals surface area contributed by atoms with Crippen LogP contribution in [0.2, 0.25) is 0 Å². The Morgan fingerprint density at radius 1 is 1.03 bits per heavy atom. The van der Waals surface area contributed by atoms with Gasteiger partial charge in [-0.05, 0) is 94.0 Å². The third kappa shape index (κ3) is 5.48. The minimum Gasteiger partial charge on any atom is -0.444 e. The Bertz CT molecular complexity index is 1040. The van der Waals surface area contributed by atoms with Crippen LogP contribution in [0.1, 0.15) is 85.7 Å². The molecular formula is C28H38N2O3S. The van der Waals surface area contributed by atoms with Gasteiger partial charge in [0.15, 0.2) is 0 Å². The number of rotatable bonds is 4. The van der Waals surface area contributed by atoms with Gasteiger partial charge in [0.05, 0.1) is 4.88 Å². The molecule has 2 aliphatic rings. The van der Waals surface area contributed by atoms with Crippen LogP contribution in [0.25, 0.3) is 10.4 Å². The molecule has 184 valence electrons. The van der Waals surface area contributed by atoms with Gasteiger partial charge in [-0.2, -0.15) is 0 Å². The van der Waals surface area contributed by atoms with E-state index in [0.717, 1.165) is 68.7 Å². The molecule has 2 fully saturated rings. The number of carbonyl (C=O) groups excluding carboxylic acids is 2. The number of amides is 2. The van der Waals surface area contributed by atoms with Crippen molar-refractivity contribution in [1.82, 2.24) is 9.80 Å². The Balaban J connectivity index is 1.47. The fraction of sp³-hybridized carbons (Fsp3) is 0.571. The monoisotopic (exact) mass is 482 g/mol. The van der Waals surface area contributed by atoms with Crippen LogP contribution in [0.3, 0.4) is 0 Å². The zero-order valence-corrected chi connectivity index (χ0v) is 22.1. The van der Waals surface area contributed by atoms with Gasteiger partial charge in [0.25, 0.3) is 5.91 Å². The summed E-state index contributed by atoms with van der Waals surface area (Å²) in [5, 5.41) is 0. The van der Waals surface area contributed by atoms with E-state index in [2.05, 4.69) is 38.1 Å². The summed E-state index contributed by atoms with van der Waals surface area (Å²) in [4.78, 5) is 31.3. The van der Waals surface area contributed by atoms with E-state index in [1.54, 1.807) is 11.3 Å². The maximum atomic E-state index is 13.0. The molecule has 2 saturated heterocycles. The van der Waals surface area contributed by atoms with Crippen LogP contribution in [0, 0.1) is 6.92 Å². The van der Waals surface area contributed by atoms with E-state index < -0.39 is 5.60 Å². The predicted molar refractivity (Wildman–Crippen MR) is 139 cm³/mol. The summed E-state index contributed by atoms with van der Waals surface area (Å²) < 4.78 is 5.54. The number of hydrogen-bond donors (Lipinski definition) is 0. The van der Waals surface area contributed by atoms with Crippen molar-refractivity contribution in [3.8, 4) is 10.4 Å². The van der Waals surface area contributed by atoms with Gasteiger partial charge in [-0.15, -0.1) is 11.3 Å². The minimum absolute atomic E-state index is 0.192. The zero-order chi connectivity index (χ0) is 24.5. The summed E-state index contributed by atoms with van der Waals surface area (Å²) >= 11 is 1.64. The molecule has 0 bridgehead atoms. The summed E-state index contributed by atoms with van der Waals surface area (Å²) in [5.74, 6) is 0.646. The Labute approximate surface area is 208 Å². The second kappa shape index (κ2) is 10.1. The highest BCUT2D eigenvalue weighted by molar-refractivity contribution is 7.17. The third-order valence-electron chi connectivity index (χ3n) is 6.90. The van der Waals surface area contributed by atoms with E-state index in [-0.39, 0.29) is 12.0 Å². The van der Waals surface area contributed by atoms with E-state index >= 15 is 0 Å². The first-order chi connectivity index (χ1) is 16.2. The molecule has 2 amide bonds. The lowest BCUT2D eigenvalue weighted by Gasteiger charge is -2.33. The van der Waals surface area contributed by atoms with Gasteiger partial charge >= 0.3 is 6.09 Å². The molecule has 34 heavy (non-hydrogen) atoms. The Kier molecular flexibility index (Phi) is 7.36. The molecule has 0 unspecified atom stereocenters. The zero-order valence-electron chi connectivity index (χ0n) is 21.3. The average molecular weight is 483 g/mol. The number of ether oxygens (including phenoxy) is 1. The molecular weight excluding hydrogens is 444 g/mol. The van der Waals surface area contributed by atoms with E-state index in [4.69, 9.17) is 4.74 Å². The van der Waals surface area contributed by atoms with Crippen molar-refractivity contribution in [2.24, 2.45) is 0 Å². The predicted octanol–water partition coefficient (Wildman–Crippen LogP) is 6.64. The van der Waals surface area contributed by atoms with Crippen LogP contribution in [0.5, 0.6) is 0 Å². The fourth-order valence-corrected chi connectivity index (χ4v) is 6.21. The van der Waals surface area contributed by atoms with Crippen molar-refractivity contribution < 1.29 is 14.3 Å². The van der Waals surface area contributed by atoms with Gasteiger partial charge in [0, 0.05) is 31.1 Å². The summed E-state index contributed by atoms with van der Waals surface area (Å²) in [5.41, 5.74) is 4.54. The van der Waals surface area contributed by atoms with Crippen LogP contribution in [-0.2, 0) is 11.2 Å². The van der Waals surface area contributed by atoms with Gasteiger partial charge in [-0.1, -0.05) is 25.1 Å². The van der Waals surface area contributed by atoms with Gasteiger partial charge in [0.2, 0.25) is 0 Å². The molecule has 0 N–H and O–H groups in total.